The zero-order valence-corrected chi connectivity index (χ0v) is 15.2. The number of rotatable bonds is 3. The lowest BCUT2D eigenvalue weighted by molar-refractivity contribution is 0.0600. The molecule has 3 N–H and O–H groups in total. The van der Waals surface area contributed by atoms with Crippen molar-refractivity contribution in [3.8, 4) is 11.8 Å². The van der Waals surface area contributed by atoms with Gasteiger partial charge in [0.2, 0.25) is 0 Å². The second-order valence-electron chi connectivity index (χ2n) is 5.88. The van der Waals surface area contributed by atoms with Gasteiger partial charge in [0.1, 0.15) is 0 Å². The third-order valence-corrected chi connectivity index (χ3v) is 4.04. The Morgan fingerprint density at radius 2 is 1.61 bits per heavy atom. The van der Waals surface area contributed by atoms with Gasteiger partial charge in [-0.3, -0.25) is 4.79 Å². The van der Waals surface area contributed by atoms with Gasteiger partial charge in [-0.05, 0) is 36.4 Å². The molecule has 138 valence electrons. The molecule has 1 amide bonds. The molecule has 0 aliphatic heterocycles. The maximum absolute atomic E-state index is 12.5. The molecule has 0 spiro atoms. The molecule has 28 heavy (non-hydrogen) atoms. The fourth-order valence-electron chi connectivity index (χ4n) is 2.61. The van der Waals surface area contributed by atoms with Gasteiger partial charge in [0.05, 0.1) is 23.9 Å². The molecule has 0 heterocycles. The Bertz CT molecular complexity index is 1080. The van der Waals surface area contributed by atoms with Gasteiger partial charge in [0.15, 0.2) is 0 Å². The summed E-state index contributed by atoms with van der Waals surface area (Å²) in [6.07, 6.45) is 0. The topological polar surface area (TPSA) is 81.4 Å². The lowest BCUT2D eigenvalue weighted by Gasteiger charge is -2.09. The Morgan fingerprint density at radius 1 is 0.893 bits per heavy atom. The summed E-state index contributed by atoms with van der Waals surface area (Å²) < 4.78 is 4.79. The van der Waals surface area contributed by atoms with Crippen molar-refractivity contribution in [3.05, 3.63) is 95.1 Å². The first-order valence-electron chi connectivity index (χ1n) is 8.54. The van der Waals surface area contributed by atoms with Crippen LogP contribution in [-0.4, -0.2) is 19.0 Å². The van der Waals surface area contributed by atoms with E-state index in [2.05, 4.69) is 17.2 Å². The van der Waals surface area contributed by atoms with Gasteiger partial charge in [-0.25, -0.2) is 4.79 Å². The minimum atomic E-state index is -0.469. The van der Waals surface area contributed by atoms with Crippen LogP contribution in [-0.2, 0) is 4.74 Å². The second kappa shape index (κ2) is 8.56. The Balaban J connectivity index is 1.96. The predicted octanol–water partition coefficient (Wildman–Crippen LogP) is 3.71. The van der Waals surface area contributed by atoms with E-state index in [1.54, 1.807) is 66.7 Å². The molecule has 0 aliphatic rings. The molecule has 0 aromatic heterocycles. The minimum absolute atomic E-state index is 0.260. The van der Waals surface area contributed by atoms with Crippen molar-refractivity contribution in [1.29, 1.82) is 0 Å². The number of hydrogen-bond donors (Lipinski definition) is 2. The zero-order chi connectivity index (χ0) is 19.9. The average molecular weight is 370 g/mol. The molecule has 3 aromatic carbocycles. The van der Waals surface area contributed by atoms with Crippen LogP contribution < -0.4 is 11.1 Å². The van der Waals surface area contributed by atoms with Crippen molar-refractivity contribution in [3.63, 3.8) is 0 Å². The first-order valence-corrected chi connectivity index (χ1v) is 8.54. The highest BCUT2D eigenvalue weighted by molar-refractivity contribution is 6.05. The molecule has 3 aromatic rings. The zero-order valence-electron chi connectivity index (χ0n) is 15.2. The number of methoxy groups -OCH3 is 1. The van der Waals surface area contributed by atoms with E-state index < -0.39 is 5.97 Å². The number of nitrogen functional groups attached to an aromatic ring is 1. The van der Waals surface area contributed by atoms with Crippen molar-refractivity contribution >= 4 is 23.3 Å². The van der Waals surface area contributed by atoms with Crippen LogP contribution in [0.15, 0.2) is 72.8 Å². The summed E-state index contributed by atoms with van der Waals surface area (Å²) in [5.74, 6) is 5.20. The normalized spacial score (nSPS) is 9.75. The van der Waals surface area contributed by atoms with E-state index in [1.165, 1.54) is 7.11 Å². The maximum Gasteiger partial charge on any atom is 0.339 e. The lowest BCUT2D eigenvalue weighted by Crippen LogP contribution is -2.13. The van der Waals surface area contributed by atoms with Gasteiger partial charge in [0, 0.05) is 16.8 Å². The van der Waals surface area contributed by atoms with Crippen LogP contribution >= 0.6 is 0 Å². The summed E-state index contributed by atoms with van der Waals surface area (Å²) in [7, 11) is 1.32. The molecular weight excluding hydrogens is 352 g/mol. The summed E-state index contributed by atoms with van der Waals surface area (Å²) >= 11 is 0. The third kappa shape index (κ3) is 4.19. The van der Waals surface area contributed by atoms with Crippen LogP contribution in [0.25, 0.3) is 0 Å². The van der Waals surface area contributed by atoms with Crippen LogP contribution in [0.4, 0.5) is 11.4 Å². The summed E-state index contributed by atoms with van der Waals surface area (Å²) in [6, 6.07) is 20.9. The van der Waals surface area contributed by atoms with Crippen LogP contribution in [0.3, 0.4) is 0 Å². The number of benzene rings is 3. The highest BCUT2D eigenvalue weighted by Crippen LogP contribution is 2.22. The number of nitrogens with two attached hydrogens (primary N) is 1. The number of carbonyl (C=O) groups excluding carboxylic acids is 2. The van der Waals surface area contributed by atoms with Crippen molar-refractivity contribution in [2.75, 3.05) is 18.2 Å². The Labute approximate surface area is 163 Å². The van der Waals surface area contributed by atoms with E-state index in [0.717, 1.165) is 0 Å². The van der Waals surface area contributed by atoms with Crippen LogP contribution in [0.5, 0.6) is 0 Å². The minimum Gasteiger partial charge on any atom is -0.465 e. The van der Waals surface area contributed by atoms with Gasteiger partial charge < -0.3 is 15.8 Å². The molecule has 0 fully saturated rings. The number of ether oxygens (including phenoxy) is 1. The summed E-state index contributed by atoms with van der Waals surface area (Å²) in [6.45, 7) is 0. The fraction of sp³-hybridized carbons (Fsp3) is 0.0435. The standard InChI is InChI=1S/C23H18N2O3/c1-28-23(27)18-11-6-5-8-16(18)14-15-19-20(24)12-7-13-21(19)25-22(26)17-9-3-2-4-10-17/h2-13H,24H2,1H3,(H,25,26). The molecule has 0 atom stereocenters. The van der Waals surface area contributed by atoms with Crippen molar-refractivity contribution in [2.45, 2.75) is 0 Å². The Kier molecular flexibility index (Phi) is 5.73. The smallest absolute Gasteiger partial charge is 0.339 e. The third-order valence-electron chi connectivity index (χ3n) is 4.04. The van der Waals surface area contributed by atoms with E-state index in [-0.39, 0.29) is 5.91 Å². The Morgan fingerprint density at radius 3 is 2.36 bits per heavy atom. The summed E-state index contributed by atoms with van der Waals surface area (Å²) in [5.41, 5.74) is 8.88. The highest BCUT2D eigenvalue weighted by atomic mass is 16.5. The van der Waals surface area contributed by atoms with Gasteiger partial charge >= 0.3 is 5.97 Å². The number of amides is 1. The van der Waals surface area contributed by atoms with Gasteiger partial charge in [0.25, 0.3) is 5.91 Å². The molecule has 0 radical (unpaired) electrons. The van der Waals surface area contributed by atoms with E-state index in [4.69, 9.17) is 10.5 Å². The summed E-state index contributed by atoms with van der Waals surface area (Å²) in [5, 5.41) is 2.84. The lowest BCUT2D eigenvalue weighted by atomic mass is 10.1. The molecule has 5 nitrogen and oxygen atoms in total. The molecule has 0 aliphatic carbocycles. The molecular formula is C23H18N2O3. The quantitative estimate of drug-likeness (QED) is 0.418. The van der Waals surface area contributed by atoms with Crippen molar-refractivity contribution in [1.82, 2.24) is 0 Å². The fourth-order valence-corrected chi connectivity index (χ4v) is 2.61. The van der Waals surface area contributed by atoms with E-state index in [1.807, 2.05) is 6.07 Å². The van der Waals surface area contributed by atoms with Crippen LogP contribution in [0, 0.1) is 11.8 Å². The number of carbonyl (C=O) groups is 2. The summed E-state index contributed by atoms with van der Waals surface area (Å²) in [4.78, 5) is 24.4. The molecule has 3 rings (SSSR count). The molecule has 5 heteroatoms. The van der Waals surface area contributed by atoms with Gasteiger partial charge in [-0.15, -0.1) is 0 Å². The van der Waals surface area contributed by atoms with Crippen LogP contribution in [0.1, 0.15) is 31.8 Å². The Hall–Kier alpha value is -4.04. The second-order valence-corrected chi connectivity index (χ2v) is 5.88. The van der Waals surface area contributed by atoms with Crippen LogP contribution in [0.2, 0.25) is 0 Å². The largest absolute Gasteiger partial charge is 0.465 e. The number of nitrogens with one attached hydrogen (secondary N) is 1. The molecule has 0 saturated carbocycles. The SMILES string of the molecule is COC(=O)c1ccccc1C#Cc1c(N)cccc1NC(=O)c1ccccc1. The molecule has 0 saturated heterocycles. The highest BCUT2D eigenvalue weighted by Gasteiger charge is 2.11. The predicted molar refractivity (Wildman–Crippen MR) is 109 cm³/mol. The first kappa shape index (κ1) is 18.7. The average Bonchev–Trinajstić information content (AvgIpc) is 2.73. The van der Waals surface area contributed by atoms with E-state index in [0.29, 0.717) is 33.6 Å². The van der Waals surface area contributed by atoms with E-state index in [9.17, 15) is 9.59 Å². The van der Waals surface area contributed by atoms with Gasteiger partial charge in [-0.2, -0.15) is 0 Å². The number of hydrogen-bond acceptors (Lipinski definition) is 4. The van der Waals surface area contributed by atoms with Crippen molar-refractivity contribution in [2.24, 2.45) is 0 Å². The number of esters is 1. The van der Waals surface area contributed by atoms with Crippen molar-refractivity contribution < 1.29 is 14.3 Å². The number of anilines is 2. The van der Waals surface area contributed by atoms with Gasteiger partial charge in [-0.1, -0.05) is 48.2 Å². The monoisotopic (exact) mass is 370 g/mol. The maximum atomic E-state index is 12.5. The molecule has 0 unspecified atom stereocenters. The van der Waals surface area contributed by atoms with E-state index >= 15 is 0 Å². The molecule has 0 bridgehead atoms. The first-order chi connectivity index (χ1) is 13.6.